The number of hydrogen-bond donors (Lipinski definition) is 0. The number of ketones is 1. The third kappa shape index (κ3) is 6.11. The van der Waals surface area contributed by atoms with Gasteiger partial charge in [0.05, 0.1) is 0 Å². The first-order valence-electron chi connectivity index (χ1n) is 5.41. The fourth-order valence-corrected chi connectivity index (χ4v) is 1.19. The summed E-state index contributed by atoms with van der Waals surface area (Å²) in [6.07, 6.45) is 1.95. The Hall–Kier alpha value is -0.410. The van der Waals surface area contributed by atoms with Crippen LogP contribution in [0.3, 0.4) is 0 Å². The second-order valence-corrected chi connectivity index (χ2v) is 3.37. The summed E-state index contributed by atoms with van der Waals surface area (Å²) in [5.41, 5.74) is 0. The van der Waals surface area contributed by atoms with Crippen molar-refractivity contribution in [3.8, 4) is 0 Å². The number of Topliss-reactive ketones (excluding diaryl/α,β-unsaturated/α-hetero) is 1. The highest BCUT2D eigenvalue weighted by Crippen LogP contribution is 2.05. The van der Waals surface area contributed by atoms with E-state index >= 15 is 0 Å². The monoisotopic (exact) mass is 202 g/mol. The Kier molecular flexibility index (Phi) is 7.71. The molecule has 0 radical (unpaired) electrons. The summed E-state index contributed by atoms with van der Waals surface area (Å²) in [5, 5.41) is 0. The Morgan fingerprint density at radius 2 is 1.93 bits per heavy atom. The van der Waals surface area contributed by atoms with E-state index in [2.05, 4.69) is 6.92 Å². The molecule has 0 aliphatic carbocycles. The zero-order valence-corrected chi connectivity index (χ0v) is 9.71. The van der Waals surface area contributed by atoms with Crippen molar-refractivity contribution >= 4 is 5.78 Å². The zero-order chi connectivity index (χ0) is 11.0. The highest BCUT2D eigenvalue weighted by atomic mass is 16.7. The summed E-state index contributed by atoms with van der Waals surface area (Å²) in [6.45, 7) is 8.18. The first-order valence-corrected chi connectivity index (χ1v) is 5.41. The molecule has 0 bridgehead atoms. The van der Waals surface area contributed by atoms with Crippen LogP contribution in [0.5, 0.6) is 0 Å². The van der Waals surface area contributed by atoms with E-state index in [1.165, 1.54) is 0 Å². The summed E-state index contributed by atoms with van der Waals surface area (Å²) in [4.78, 5) is 11.5. The Morgan fingerprint density at radius 3 is 2.43 bits per heavy atom. The Balaban J connectivity index is 3.70. The third-order valence-electron chi connectivity index (χ3n) is 2.03. The van der Waals surface area contributed by atoms with Gasteiger partial charge < -0.3 is 9.47 Å². The van der Waals surface area contributed by atoms with Crippen LogP contribution in [-0.4, -0.2) is 24.8 Å². The van der Waals surface area contributed by atoms with Gasteiger partial charge in [-0.2, -0.15) is 0 Å². The molecular weight excluding hydrogens is 180 g/mol. The summed E-state index contributed by atoms with van der Waals surface area (Å²) in [7, 11) is 0. The minimum atomic E-state index is -0.344. The molecule has 2 atom stereocenters. The van der Waals surface area contributed by atoms with Crippen LogP contribution in [0.15, 0.2) is 0 Å². The standard InChI is InChI=1S/C11H22O3/c1-5-7-8-11(12)9(3)14-10(4)13-6-2/h9-10H,5-8H2,1-4H3/t9?,10-/m0/s1. The molecular formula is C11H22O3. The van der Waals surface area contributed by atoms with Crippen LogP contribution in [0.1, 0.15) is 47.0 Å². The summed E-state index contributed by atoms with van der Waals surface area (Å²) in [6, 6.07) is 0. The molecule has 84 valence electrons. The molecule has 0 aromatic rings. The van der Waals surface area contributed by atoms with Crippen molar-refractivity contribution in [2.75, 3.05) is 6.61 Å². The van der Waals surface area contributed by atoms with Crippen LogP contribution in [0.2, 0.25) is 0 Å². The maximum absolute atomic E-state index is 11.5. The Morgan fingerprint density at radius 1 is 1.29 bits per heavy atom. The van der Waals surface area contributed by atoms with Crippen molar-refractivity contribution in [2.45, 2.75) is 59.4 Å². The average molecular weight is 202 g/mol. The van der Waals surface area contributed by atoms with Gasteiger partial charge in [-0.25, -0.2) is 0 Å². The van der Waals surface area contributed by atoms with Crippen LogP contribution in [0.25, 0.3) is 0 Å². The minimum Gasteiger partial charge on any atom is -0.353 e. The van der Waals surface area contributed by atoms with Gasteiger partial charge in [0.15, 0.2) is 12.1 Å². The van der Waals surface area contributed by atoms with Gasteiger partial charge in [0, 0.05) is 13.0 Å². The molecule has 0 aromatic heterocycles. The molecule has 0 amide bonds. The van der Waals surface area contributed by atoms with Gasteiger partial charge in [0.1, 0.15) is 6.10 Å². The summed E-state index contributed by atoms with van der Waals surface area (Å²) in [5.74, 6) is 0.165. The average Bonchev–Trinajstić information content (AvgIpc) is 2.14. The second-order valence-electron chi connectivity index (χ2n) is 3.37. The molecule has 0 aromatic carbocycles. The quantitative estimate of drug-likeness (QED) is 0.567. The number of hydrogen-bond acceptors (Lipinski definition) is 3. The molecule has 0 rings (SSSR count). The maximum atomic E-state index is 11.5. The third-order valence-corrected chi connectivity index (χ3v) is 2.03. The summed E-state index contributed by atoms with van der Waals surface area (Å²) >= 11 is 0. The molecule has 0 saturated carbocycles. The van der Waals surface area contributed by atoms with Crippen LogP contribution >= 0.6 is 0 Å². The number of ether oxygens (including phenoxy) is 2. The van der Waals surface area contributed by atoms with Gasteiger partial charge in [-0.05, 0) is 27.2 Å². The van der Waals surface area contributed by atoms with Gasteiger partial charge in [-0.15, -0.1) is 0 Å². The normalized spacial score (nSPS) is 15.1. The van der Waals surface area contributed by atoms with Crippen molar-refractivity contribution in [1.82, 2.24) is 0 Å². The van der Waals surface area contributed by atoms with E-state index in [0.29, 0.717) is 13.0 Å². The van der Waals surface area contributed by atoms with Crippen LogP contribution in [0, 0.1) is 0 Å². The van der Waals surface area contributed by atoms with Crippen molar-refractivity contribution < 1.29 is 14.3 Å². The lowest BCUT2D eigenvalue weighted by atomic mass is 10.1. The molecule has 0 spiro atoms. The van der Waals surface area contributed by atoms with E-state index in [1.54, 1.807) is 6.92 Å². The Labute approximate surface area is 86.8 Å². The second kappa shape index (κ2) is 7.94. The van der Waals surface area contributed by atoms with E-state index in [9.17, 15) is 4.79 Å². The molecule has 0 heterocycles. The number of carbonyl (C=O) groups excluding carboxylic acids is 1. The van der Waals surface area contributed by atoms with Gasteiger partial charge in [0.2, 0.25) is 0 Å². The zero-order valence-electron chi connectivity index (χ0n) is 9.71. The Bertz CT molecular complexity index is 157. The first-order chi connectivity index (χ1) is 6.61. The molecule has 0 aliphatic rings. The topological polar surface area (TPSA) is 35.5 Å². The maximum Gasteiger partial charge on any atom is 0.161 e. The lowest BCUT2D eigenvalue weighted by Gasteiger charge is -2.17. The van der Waals surface area contributed by atoms with Gasteiger partial charge in [-0.1, -0.05) is 13.3 Å². The van der Waals surface area contributed by atoms with E-state index in [0.717, 1.165) is 12.8 Å². The molecule has 0 aliphatic heterocycles. The fraction of sp³-hybridized carbons (Fsp3) is 0.909. The van der Waals surface area contributed by atoms with E-state index < -0.39 is 0 Å². The van der Waals surface area contributed by atoms with Crippen LogP contribution in [-0.2, 0) is 14.3 Å². The minimum absolute atomic E-state index is 0.165. The van der Waals surface area contributed by atoms with E-state index in [-0.39, 0.29) is 18.2 Å². The van der Waals surface area contributed by atoms with E-state index in [4.69, 9.17) is 9.47 Å². The lowest BCUT2D eigenvalue weighted by Crippen LogP contribution is -2.26. The molecule has 0 fully saturated rings. The van der Waals surface area contributed by atoms with Crippen molar-refractivity contribution in [2.24, 2.45) is 0 Å². The number of carbonyl (C=O) groups is 1. The van der Waals surface area contributed by atoms with Gasteiger partial charge in [-0.3, -0.25) is 4.79 Å². The van der Waals surface area contributed by atoms with Crippen molar-refractivity contribution in [3.05, 3.63) is 0 Å². The summed E-state index contributed by atoms with van der Waals surface area (Å²) < 4.78 is 10.6. The lowest BCUT2D eigenvalue weighted by molar-refractivity contribution is -0.166. The highest BCUT2D eigenvalue weighted by Gasteiger charge is 2.15. The predicted octanol–water partition coefficient (Wildman–Crippen LogP) is 2.53. The largest absolute Gasteiger partial charge is 0.353 e. The van der Waals surface area contributed by atoms with Crippen molar-refractivity contribution in [1.29, 1.82) is 0 Å². The molecule has 14 heavy (non-hydrogen) atoms. The van der Waals surface area contributed by atoms with Crippen molar-refractivity contribution in [3.63, 3.8) is 0 Å². The van der Waals surface area contributed by atoms with Crippen LogP contribution in [0.4, 0.5) is 0 Å². The first kappa shape index (κ1) is 13.6. The van der Waals surface area contributed by atoms with E-state index in [1.807, 2.05) is 13.8 Å². The molecule has 1 unspecified atom stereocenters. The van der Waals surface area contributed by atoms with Gasteiger partial charge in [0.25, 0.3) is 0 Å². The highest BCUT2D eigenvalue weighted by molar-refractivity contribution is 5.82. The number of rotatable bonds is 8. The predicted molar refractivity (Wildman–Crippen MR) is 56.2 cm³/mol. The molecule has 0 saturated heterocycles. The molecule has 3 heteroatoms. The number of unbranched alkanes of at least 4 members (excludes halogenated alkanes) is 1. The smallest absolute Gasteiger partial charge is 0.161 e. The van der Waals surface area contributed by atoms with Crippen LogP contribution < -0.4 is 0 Å². The molecule has 0 N–H and O–H groups in total. The SMILES string of the molecule is CCCCC(=O)C(C)O[C@@H](C)OCC. The fourth-order valence-electron chi connectivity index (χ4n) is 1.19. The van der Waals surface area contributed by atoms with Gasteiger partial charge >= 0.3 is 0 Å². The molecule has 3 nitrogen and oxygen atoms in total.